The molecule has 0 fully saturated rings. The molecule has 4 amide bonds. The van der Waals surface area contributed by atoms with Crippen LogP contribution in [0.15, 0.2) is 4.99 Å². The fourth-order valence-corrected chi connectivity index (χ4v) is 2.70. The van der Waals surface area contributed by atoms with E-state index in [1.807, 2.05) is 0 Å². The van der Waals surface area contributed by atoms with Crippen molar-refractivity contribution in [3.63, 3.8) is 0 Å². The normalized spacial score (nSPS) is 13.9. The molecule has 4 atom stereocenters. The maximum Gasteiger partial charge on any atom is 0.326 e. The molecule has 198 valence electrons. The minimum Gasteiger partial charge on any atom is -0.481 e. The third-order valence-corrected chi connectivity index (χ3v) is 4.57. The standard InChI is InChI=1S/C19H34N8O8/c1-9(20)15(31)25-11(5-7-14(29)30)16(32)26-10(4-6-13(21)28)17(33)27-12(18(34)35)3-2-8-24-19(22)23/h9-12H,2-8,20H2,1H3,(H2,21,28)(H,25,31)(H,26,32)(H,27,33)(H,29,30)(H,34,35)(H4,22,23,24). The summed E-state index contributed by atoms with van der Waals surface area (Å²) in [6.45, 7) is 1.47. The molecule has 4 unspecified atom stereocenters. The highest BCUT2D eigenvalue weighted by molar-refractivity contribution is 5.94. The lowest BCUT2D eigenvalue weighted by Gasteiger charge is -2.24. The number of guanidine groups is 1. The van der Waals surface area contributed by atoms with Gasteiger partial charge in [0.15, 0.2) is 5.96 Å². The van der Waals surface area contributed by atoms with E-state index in [4.69, 9.17) is 28.0 Å². The molecule has 0 aromatic heterocycles. The van der Waals surface area contributed by atoms with Crippen molar-refractivity contribution in [3.05, 3.63) is 0 Å². The number of nitrogens with zero attached hydrogens (tertiary/aromatic N) is 1. The highest BCUT2D eigenvalue weighted by atomic mass is 16.4. The maximum atomic E-state index is 12.8. The summed E-state index contributed by atoms with van der Waals surface area (Å²) >= 11 is 0. The molecule has 0 aliphatic heterocycles. The van der Waals surface area contributed by atoms with Gasteiger partial charge >= 0.3 is 11.9 Å². The molecule has 0 rings (SSSR count). The van der Waals surface area contributed by atoms with Crippen molar-refractivity contribution in [3.8, 4) is 0 Å². The first kappa shape index (κ1) is 31.0. The number of primary amides is 1. The average Bonchev–Trinajstić information content (AvgIpc) is 2.74. The van der Waals surface area contributed by atoms with Gasteiger partial charge in [0.2, 0.25) is 23.6 Å². The van der Waals surface area contributed by atoms with E-state index in [2.05, 4.69) is 20.9 Å². The zero-order chi connectivity index (χ0) is 27.1. The topological polar surface area (TPSA) is 295 Å². The van der Waals surface area contributed by atoms with Gasteiger partial charge in [-0.3, -0.25) is 29.0 Å². The van der Waals surface area contributed by atoms with Gasteiger partial charge < -0.3 is 49.1 Å². The zero-order valence-electron chi connectivity index (χ0n) is 19.4. The van der Waals surface area contributed by atoms with Crippen LogP contribution in [0.4, 0.5) is 0 Å². The van der Waals surface area contributed by atoms with Crippen LogP contribution in [0.5, 0.6) is 0 Å². The van der Waals surface area contributed by atoms with Crippen molar-refractivity contribution in [1.82, 2.24) is 16.0 Å². The van der Waals surface area contributed by atoms with E-state index in [-0.39, 0.29) is 44.6 Å². The smallest absolute Gasteiger partial charge is 0.326 e. The van der Waals surface area contributed by atoms with Gasteiger partial charge in [-0.1, -0.05) is 0 Å². The van der Waals surface area contributed by atoms with Crippen molar-refractivity contribution in [2.24, 2.45) is 27.9 Å². The zero-order valence-corrected chi connectivity index (χ0v) is 19.4. The number of nitrogens with two attached hydrogens (primary N) is 4. The molecule has 0 radical (unpaired) electrons. The quantitative estimate of drug-likeness (QED) is 0.0525. The Bertz CT molecular complexity index is 813. The number of rotatable bonds is 17. The number of carbonyl (C=O) groups is 6. The highest BCUT2D eigenvalue weighted by Crippen LogP contribution is 2.05. The fourth-order valence-electron chi connectivity index (χ4n) is 2.70. The lowest BCUT2D eigenvalue weighted by Crippen LogP contribution is -2.57. The minimum absolute atomic E-state index is 0.0416. The Labute approximate surface area is 201 Å². The summed E-state index contributed by atoms with van der Waals surface area (Å²) in [5, 5.41) is 25.2. The van der Waals surface area contributed by atoms with E-state index < -0.39 is 66.2 Å². The van der Waals surface area contributed by atoms with E-state index in [9.17, 15) is 33.9 Å². The summed E-state index contributed by atoms with van der Waals surface area (Å²) in [6.07, 6.45) is -1.22. The van der Waals surface area contributed by atoms with Crippen LogP contribution in [-0.4, -0.2) is 82.5 Å². The number of hydrogen-bond acceptors (Lipinski definition) is 8. The number of carbonyl (C=O) groups excluding carboxylic acids is 4. The number of amides is 4. The van der Waals surface area contributed by atoms with Crippen LogP contribution < -0.4 is 38.9 Å². The summed E-state index contributed by atoms with van der Waals surface area (Å²) in [4.78, 5) is 74.8. The monoisotopic (exact) mass is 502 g/mol. The number of nitrogens with one attached hydrogen (secondary N) is 3. The summed E-state index contributed by atoms with van der Waals surface area (Å²) in [5.41, 5.74) is 21.0. The van der Waals surface area contributed by atoms with Gasteiger partial charge in [0.05, 0.1) is 6.04 Å². The van der Waals surface area contributed by atoms with Gasteiger partial charge in [0.1, 0.15) is 18.1 Å². The maximum absolute atomic E-state index is 12.8. The Morgan fingerprint density at radius 3 is 1.69 bits per heavy atom. The van der Waals surface area contributed by atoms with Crippen molar-refractivity contribution >= 4 is 41.5 Å². The Hall–Kier alpha value is -3.95. The molecule has 0 spiro atoms. The first-order valence-electron chi connectivity index (χ1n) is 10.7. The van der Waals surface area contributed by atoms with Crippen molar-refractivity contribution in [2.45, 2.75) is 69.6 Å². The van der Waals surface area contributed by atoms with E-state index in [0.29, 0.717) is 0 Å². The van der Waals surface area contributed by atoms with E-state index in [0.717, 1.165) is 0 Å². The molecule has 0 aliphatic rings. The molecule has 16 heteroatoms. The van der Waals surface area contributed by atoms with Crippen LogP contribution in [0.2, 0.25) is 0 Å². The summed E-state index contributed by atoms with van der Waals surface area (Å²) in [7, 11) is 0. The van der Waals surface area contributed by atoms with Gasteiger partial charge in [0.25, 0.3) is 0 Å². The molecular weight excluding hydrogens is 468 g/mol. The van der Waals surface area contributed by atoms with Crippen molar-refractivity contribution in [2.75, 3.05) is 6.54 Å². The molecule has 0 aromatic carbocycles. The molecule has 0 saturated carbocycles. The predicted octanol–water partition coefficient (Wildman–Crippen LogP) is -3.94. The molecule has 0 aliphatic carbocycles. The second-order valence-corrected chi connectivity index (χ2v) is 7.70. The van der Waals surface area contributed by atoms with Gasteiger partial charge in [-0.2, -0.15) is 0 Å². The number of carboxylic acid groups (broad SMARTS) is 2. The Kier molecular flexibility index (Phi) is 14.0. The van der Waals surface area contributed by atoms with E-state index in [1.54, 1.807) is 0 Å². The number of aliphatic carboxylic acids is 2. The third-order valence-electron chi connectivity index (χ3n) is 4.57. The fraction of sp³-hybridized carbons (Fsp3) is 0.632. The minimum atomic E-state index is -1.41. The first-order chi connectivity index (χ1) is 16.2. The van der Waals surface area contributed by atoms with Crippen molar-refractivity contribution < 1.29 is 39.0 Å². The second-order valence-electron chi connectivity index (χ2n) is 7.70. The lowest BCUT2D eigenvalue weighted by atomic mass is 10.1. The largest absolute Gasteiger partial charge is 0.481 e. The molecule has 13 N–H and O–H groups in total. The van der Waals surface area contributed by atoms with E-state index in [1.165, 1.54) is 6.92 Å². The number of hydrogen-bond donors (Lipinski definition) is 9. The van der Waals surface area contributed by atoms with Gasteiger partial charge in [-0.05, 0) is 32.6 Å². The van der Waals surface area contributed by atoms with Gasteiger partial charge in [0, 0.05) is 19.4 Å². The highest BCUT2D eigenvalue weighted by Gasteiger charge is 2.30. The average molecular weight is 503 g/mol. The van der Waals surface area contributed by atoms with Gasteiger partial charge in [-0.15, -0.1) is 0 Å². The summed E-state index contributed by atoms with van der Waals surface area (Å²) in [5.74, 6) is -6.13. The second kappa shape index (κ2) is 15.8. The molecular formula is C19H34N8O8. The van der Waals surface area contributed by atoms with Crippen LogP contribution in [0, 0.1) is 0 Å². The number of carboxylic acids is 2. The van der Waals surface area contributed by atoms with Crippen LogP contribution in [0.25, 0.3) is 0 Å². The van der Waals surface area contributed by atoms with Crippen LogP contribution >= 0.6 is 0 Å². The van der Waals surface area contributed by atoms with Crippen molar-refractivity contribution in [1.29, 1.82) is 0 Å². The molecule has 0 heterocycles. The molecule has 0 bridgehead atoms. The Morgan fingerprint density at radius 1 is 0.771 bits per heavy atom. The SMILES string of the molecule is CC(N)C(=O)NC(CCC(=O)O)C(=O)NC(CCC(N)=O)C(=O)NC(CCCN=C(N)N)C(=O)O. The van der Waals surface area contributed by atoms with Gasteiger partial charge in [-0.25, -0.2) is 4.79 Å². The predicted molar refractivity (Wildman–Crippen MR) is 122 cm³/mol. The molecule has 0 saturated heterocycles. The molecule has 0 aromatic rings. The molecule has 16 nitrogen and oxygen atoms in total. The summed E-state index contributed by atoms with van der Waals surface area (Å²) < 4.78 is 0. The Morgan fingerprint density at radius 2 is 1.26 bits per heavy atom. The molecule has 35 heavy (non-hydrogen) atoms. The third kappa shape index (κ3) is 14.0. The number of aliphatic imine (C=N–C) groups is 1. The first-order valence-corrected chi connectivity index (χ1v) is 10.7. The van der Waals surface area contributed by atoms with Crippen LogP contribution in [0.1, 0.15) is 45.4 Å². The summed E-state index contributed by atoms with van der Waals surface area (Å²) in [6, 6.07) is -5.12. The van der Waals surface area contributed by atoms with E-state index >= 15 is 0 Å². The van der Waals surface area contributed by atoms with Crippen LogP contribution in [0.3, 0.4) is 0 Å². The lowest BCUT2D eigenvalue weighted by molar-refractivity contribution is -0.142. The van der Waals surface area contributed by atoms with Crippen LogP contribution in [-0.2, 0) is 28.8 Å². The Balaban J connectivity index is 5.50.